The third-order valence-electron chi connectivity index (χ3n) is 8.79. The summed E-state index contributed by atoms with van der Waals surface area (Å²) in [5.41, 5.74) is 0. The maximum atomic E-state index is 2.37. The molecular weight excluding hydrogens is 372 g/mol. The van der Waals surface area contributed by atoms with E-state index in [4.69, 9.17) is 0 Å². The molecule has 0 heterocycles. The van der Waals surface area contributed by atoms with E-state index in [0.717, 1.165) is 35.5 Å². The Balaban J connectivity index is 0.000000437. The lowest BCUT2D eigenvalue weighted by Crippen LogP contribution is -2.14. The molecule has 0 atom stereocenters. The third-order valence-corrected chi connectivity index (χ3v) is 8.79. The zero-order valence-electron chi connectivity index (χ0n) is 22.2. The lowest BCUT2D eigenvalue weighted by atomic mass is 9.78. The second kappa shape index (κ2) is 19.5. The van der Waals surface area contributed by atoms with Crippen molar-refractivity contribution in [3.05, 3.63) is 0 Å². The molecule has 3 aliphatic rings. The number of hydrogen-bond donors (Lipinski definition) is 0. The fraction of sp³-hybridized carbons (Fsp3) is 1.00. The summed E-state index contributed by atoms with van der Waals surface area (Å²) >= 11 is 0. The highest BCUT2D eigenvalue weighted by atomic mass is 14.3. The topological polar surface area (TPSA) is 0 Å². The molecule has 0 nitrogen and oxygen atoms in total. The van der Waals surface area contributed by atoms with Crippen molar-refractivity contribution in [2.24, 2.45) is 35.5 Å². The third kappa shape index (κ3) is 14.7. The Labute approximate surface area is 200 Å². The van der Waals surface area contributed by atoms with E-state index in [-0.39, 0.29) is 7.43 Å². The van der Waals surface area contributed by atoms with Crippen molar-refractivity contribution in [1.82, 2.24) is 0 Å². The Hall–Kier alpha value is 0. The molecule has 188 valence electrons. The molecule has 3 rings (SSSR count). The van der Waals surface area contributed by atoms with Crippen LogP contribution >= 0.6 is 0 Å². The Kier molecular flexibility index (Phi) is 19.5. The van der Waals surface area contributed by atoms with Gasteiger partial charge in [-0.3, -0.25) is 0 Å². The fourth-order valence-corrected chi connectivity index (χ4v) is 6.10. The van der Waals surface area contributed by atoms with Crippen LogP contribution in [-0.2, 0) is 0 Å². The van der Waals surface area contributed by atoms with Crippen LogP contribution in [0.5, 0.6) is 0 Å². The Morgan fingerprint density at radius 3 is 0.903 bits per heavy atom. The molecule has 0 bridgehead atoms. The van der Waals surface area contributed by atoms with Gasteiger partial charge in [-0.1, -0.05) is 165 Å². The lowest BCUT2D eigenvalue weighted by Gasteiger charge is -2.27. The molecule has 0 saturated heterocycles. The average Bonchev–Trinajstić information content (AvgIpc) is 2.78. The Bertz CT molecular complexity index is 312. The predicted octanol–water partition coefficient (Wildman–Crippen LogP) is 11.5. The van der Waals surface area contributed by atoms with Gasteiger partial charge in [-0.2, -0.15) is 0 Å². The normalized spacial score (nSPS) is 33.1. The molecule has 0 heteroatoms. The van der Waals surface area contributed by atoms with Gasteiger partial charge in [0.15, 0.2) is 0 Å². The van der Waals surface area contributed by atoms with E-state index in [0.29, 0.717) is 0 Å². The quantitative estimate of drug-likeness (QED) is 0.388. The van der Waals surface area contributed by atoms with Crippen molar-refractivity contribution in [3.63, 3.8) is 0 Å². The summed E-state index contributed by atoms with van der Waals surface area (Å²) in [4.78, 5) is 0. The van der Waals surface area contributed by atoms with Crippen LogP contribution in [0.2, 0.25) is 0 Å². The summed E-state index contributed by atoms with van der Waals surface area (Å²) in [5.74, 6) is 6.36. The van der Waals surface area contributed by atoms with Crippen LogP contribution in [0.25, 0.3) is 0 Å². The lowest BCUT2D eigenvalue weighted by molar-refractivity contribution is 0.251. The summed E-state index contributed by atoms with van der Waals surface area (Å²) in [5, 5.41) is 0. The summed E-state index contributed by atoms with van der Waals surface area (Å²) < 4.78 is 0. The van der Waals surface area contributed by atoms with Gasteiger partial charge in [-0.05, 0) is 35.5 Å². The van der Waals surface area contributed by atoms with Gasteiger partial charge in [0.2, 0.25) is 0 Å². The zero-order chi connectivity index (χ0) is 22.2. The fourth-order valence-electron chi connectivity index (χ4n) is 6.10. The highest BCUT2D eigenvalue weighted by Gasteiger charge is 2.19. The van der Waals surface area contributed by atoms with Crippen LogP contribution in [0, 0.1) is 35.5 Å². The van der Waals surface area contributed by atoms with Crippen molar-refractivity contribution >= 4 is 0 Å². The maximum absolute atomic E-state index is 2.37. The molecule has 0 aromatic heterocycles. The molecule has 0 aromatic carbocycles. The standard InChI is InChI=1S/C12H24.C10H20.C8H16.CH4/c1-3-5-11-7-9-12(6-4-2)10-8-11;1-3-9-5-7-10(4-2)8-6-9;1-7-3-5-8(2)6-4-7;/h11-12H,3-10H2,1-2H3;9-10H,3-8H2,1-2H3;7-8H,3-6H2,1-2H3;1H4. The molecule has 0 unspecified atom stereocenters. The Morgan fingerprint density at radius 2 is 0.677 bits per heavy atom. The van der Waals surface area contributed by atoms with Crippen LogP contribution in [0.3, 0.4) is 0 Å². The summed E-state index contributed by atoms with van der Waals surface area (Å²) in [6.07, 6.45) is 26.6. The molecule has 0 amide bonds. The minimum absolute atomic E-state index is 0. The van der Waals surface area contributed by atoms with Crippen LogP contribution in [0.4, 0.5) is 0 Å². The molecule has 31 heavy (non-hydrogen) atoms. The highest BCUT2D eigenvalue weighted by molar-refractivity contribution is 4.72. The van der Waals surface area contributed by atoms with Gasteiger partial charge in [0, 0.05) is 0 Å². The Morgan fingerprint density at radius 1 is 0.419 bits per heavy atom. The van der Waals surface area contributed by atoms with Crippen molar-refractivity contribution in [1.29, 1.82) is 0 Å². The second-order valence-corrected chi connectivity index (χ2v) is 11.5. The highest BCUT2D eigenvalue weighted by Crippen LogP contribution is 2.34. The first-order valence-electron chi connectivity index (χ1n) is 14.5. The van der Waals surface area contributed by atoms with Crippen LogP contribution in [0.1, 0.15) is 165 Å². The molecule has 3 aliphatic carbocycles. The van der Waals surface area contributed by atoms with Crippen LogP contribution in [-0.4, -0.2) is 0 Å². The largest absolute Gasteiger partial charge is 0.0776 e. The van der Waals surface area contributed by atoms with Gasteiger partial charge in [-0.25, -0.2) is 0 Å². The number of rotatable bonds is 6. The van der Waals surface area contributed by atoms with Crippen LogP contribution in [0.15, 0.2) is 0 Å². The van der Waals surface area contributed by atoms with Gasteiger partial charge < -0.3 is 0 Å². The zero-order valence-corrected chi connectivity index (χ0v) is 22.2. The van der Waals surface area contributed by atoms with Gasteiger partial charge in [0.1, 0.15) is 0 Å². The first-order chi connectivity index (χ1) is 14.5. The molecule has 0 aromatic rings. The molecule has 0 radical (unpaired) electrons. The summed E-state index contributed by atoms with van der Waals surface area (Å²) in [6.45, 7) is 14.0. The summed E-state index contributed by atoms with van der Waals surface area (Å²) in [6, 6.07) is 0. The van der Waals surface area contributed by atoms with Crippen molar-refractivity contribution in [3.8, 4) is 0 Å². The first-order valence-corrected chi connectivity index (χ1v) is 14.5. The second-order valence-electron chi connectivity index (χ2n) is 11.5. The van der Waals surface area contributed by atoms with Crippen LogP contribution < -0.4 is 0 Å². The van der Waals surface area contributed by atoms with Gasteiger partial charge >= 0.3 is 0 Å². The molecule has 3 fully saturated rings. The van der Waals surface area contributed by atoms with E-state index in [1.54, 1.807) is 0 Å². The molecular formula is C31H64. The van der Waals surface area contributed by atoms with Gasteiger partial charge in [0.05, 0.1) is 0 Å². The van der Waals surface area contributed by atoms with E-state index in [1.165, 1.54) is 116 Å². The van der Waals surface area contributed by atoms with E-state index in [1.807, 2.05) is 0 Å². The van der Waals surface area contributed by atoms with E-state index < -0.39 is 0 Å². The monoisotopic (exact) mass is 437 g/mol. The van der Waals surface area contributed by atoms with Crippen molar-refractivity contribution in [2.75, 3.05) is 0 Å². The minimum Gasteiger partial charge on any atom is -0.0776 e. The van der Waals surface area contributed by atoms with E-state index in [2.05, 4.69) is 41.5 Å². The van der Waals surface area contributed by atoms with E-state index >= 15 is 0 Å². The predicted molar refractivity (Wildman–Crippen MR) is 145 cm³/mol. The average molecular weight is 437 g/mol. The molecule has 0 aliphatic heterocycles. The number of hydrogen-bond acceptors (Lipinski definition) is 0. The van der Waals surface area contributed by atoms with Gasteiger partial charge in [-0.15, -0.1) is 0 Å². The summed E-state index contributed by atoms with van der Waals surface area (Å²) in [7, 11) is 0. The van der Waals surface area contributed by atoms with Crippen molar-refractivity contribution < 1.29 is 0 Å². The smallest absolute Gasteiger partial charge is 0.0414 e. The van der Waals surface area contributed by atoms with Crippen molar-refractivity contribution in [2.45, 2.75) is 165 Å². The maximum Gasteiger partial charge on any atom is -0.0414 e. The molecule has 3 saturated carbocycles. The first kappa shape index (κ1) is 31.0. The minimum atomic E-state index is 0. The van der Waals surface area contributed by atoms with Gasteiger partial charge in [0.25, 0.3) is 0 Å². The molecule has 0 spiro atoms. The molecule has 0 N–H and O–H groups in total. The SMILES string of the molecule is C.CC1CCC(C)CC1.CCC1CCC(CC)CC1.CCCC1CCC(CCC)CC1. The van der Waals surface area contributed by atoms with E-state index in [9.17, 15) is 0 Å².